The lowest BCUT2D eigenvalue weighted by Crippen LogP contribution is -2.47. The number of anilines is 1. The summed E-state index contributed by atoms with van der Waals surface area (Å²) in [5.41, 5.74) is 8.25. The van der Waals surface area contributed by atoms with Gasteiger partial charge in [-0.3, -0.25) is 4.79 Å². The molecule has 10 heteroatoms. The second kappa shape index (κ2) is 8.77. The summed E-state index contributed by atoms with van der Waals surface area (Å²) in [5, 5.41) is 0.838. The molecule has 5 rings (SSSR count). The van der Waals surface area contributed by atoms with Crippen molar-refractivity contribution in [1.29, 1.82) is 0 Å². The summed E-state index contributed by atoms with van der Waals surface area (Å²) in [6.07, 6.45) is -4.91. The summed E-state index contributed by atoms with van der Waals surface area (Å²) < 4.78 is 55.5. The predicted molar refractivity (Wildman–Crippen MR) is 117 cm³/mol. The molecule has 7 nitrogen and oxygen atoms in total. The summed E-state index contributed by atoms with van der Waals surface area (Å²) in [6, 6.07) is 9.97. The second-order valence-electron chi connectivity index (χ2n) is 8.26. The number of carbonyl (C=O) groups is 1. The van der Waals surface area contributed by atoms with E-state index in [0.717, 1.165) is 28.6 Å². The minimum absolute atomic E-state index is 0.0247. The first-order valence-electron chi connectivity index (χ1n) is 10.8. The summed E-state index contributed by atoms with van der Waals surface area (Å²) >= 11 is 0. The van der Waals surface area contributed by atoms with Gasteiger partial charge in [-0.2, -0.15) is 13.2 Å². The van der Waals surface area contributed by atoms with Crippen molar-refractivity contribution in [2.45, 2.75) is 25.5 Å². The number of nitrogens with zero attached hydrogens (tertiary/aromatic N) is 2. The van der Waals surface area contributed by atoms with Gasteiger partial charge in [0.25, 0.3) is 5.91 Å². The third kappa shape index (κ3) is 4.38. The van der Waals surface area contributed by atoms with Crippen LogP contribution in [0.1, 0.15) is 27.0 Å². The fraction of sp³-hybridized carbons (Fsp3) is 0.333. The van der Waals surface area contributed by atoms with E-state index in [0.29, 0.717) is 43.3 Å². The number of ether oxygens (including phenoxy) is 3. The molecule has 2 N–H and O–H groups in total. The summed E-state index contributed by atoms with van der Waals surface area (Å²) in [4.78, 5) is 19.3. The molecule has 1 atom stereocenters. The molecule has 0 unspecified atom stereocenters. The fourth-order valence-electron chi connectivity index (χ4n) is 4.24. The molecule has 2 aliphatic heterocycles. The maximum Gasteiger partial charge on any atom is 0.416 e. The van der Waals surface area contributed by atoms with Crippen molar-refractivity contribution in [1.82, 2.24) is 9.88 Å². The number of amides is 1. The number of aromatic nitrogens is 1. The number of fused-ring (bicyclic) bond motifs is 3. The van der Waals surface area contributed by atoms with Gasteiger partial charge in [-0.1, -0.05) is 6.07 Å². The average molecular weight is 473 g/mol. The lowest BCUT2D eigenvalue weighted by molar-refractivity contribution is -0.137. The second-order valence-corrected chi connectivity index (χ2v) is 8.26. The molecule has 1 saturated heterocycles. The number of hydrogen-bond donors (Lipinski definition) is 1. The number of hydrogen-bond acceptors (Lipinski definition) is 6. The van der Waals surface area contributed by atoms with Crippen LogP contribution in [0.15, 0.2) is 42.5 Å². The highest BCUT2D eigenvalue weighted by molar-refractivity contribution is 5.99. The van der Waals surface area contributed by atoms with Crippen molar-refractivity contribution in [3.8, 4) is 5.75 Å². The molecule has 1 aromatic heterocycles. The van der Waals surface area contributed by atoms with E-state index in [1.807, 2.05) is 0 Å². The van der Waals surface area contributed by atoms with E-state index in [9.17, 15) is 18.0 Å². The normalized spacial score (nSPS) is 18.2. The van der Waals surface area contributed by atoms with E-state index in [1.54, 1.807) is 23.1 Å². The third-order valence-electron chi connectivity index (χ3n) is 6.00. The molecule has 3 aromatic rings. The van der Waals surface area contributed by atoms with E-state index < -0.39 is 17.8 Å². The Morgan fingerprint density at radius 1 is 1.18 bits per heavy atom. The molecule has 1 fully saturated rings. The molecule has 1 amide bonds. The van der Waals surface area contributed by atoms with Gasteiger partial charge in [0.15, 0.2) is 0 Å². The van der Waals surface area contributed by atoms with Gasteiger partial charge < -0.3 is 24.8 Å². The molecule has 178 valence electrons. The topological polar surface area (TPSA) is 86.9 Å². The first kappa shape index (κ1) is 22.4. The van der Waals surface area contributed by atoms with Crippen LogP contribution >= 0.6 is 0 Å². The molecular formula is C24H22F3N3O4. The van der Waals surface area contributed by atoms with Crippen LogP contribution in [0.25, 0.3) is 10.9 Å². The monoisotopic (exact) mass is 473 g/mol. The smallest absolute Gasteiger partial charge is 0.416 e. The summed E-state index contributed by atoms with van der Waals surface area (Å²) in [6.45, 7) is 1.81. The number of alkyl halides is 3. The third-order valence-corrected chi connectivity index (χ3v) is 6.00. The van der Waals surface area contributed by atoms with Crippen molar-refractivity contribution in [2.75, 3.05) is 32.0 Å². The molecule has 3 heterocycles. The maximum atomic E-state index is 13.2. The van der Waals surface area contributed by atoms with Crippen molar-refractivity contribution < 1.29 is 32.2 Å². The van der Waals surface area contributed by atoms with Crippen molar-refractivity contribution >= 4 is 22.6 Å². The summed E-state index contributed by atoms with van der Waals surface area (Å²) in [5.74, 6) is 0.369. The van der Waals surface area contributed by atoms with E-state index in [-0.39, 0.29) is 24.8 Å². The van der Waals surface area contributed by atoms with Crippen LogP contribution in [0.5, 0.6) is 5.75 Å². The summed E-state index contributed by atoms with van der Waals surface area (Å²) in [7, 11) is 0. The van der Waals surface area contributed by atoms with Gasteiger partial charge in [0, 0.05) is 23.1 Å². The Labute approximate surface area is 193 Å². The minimum atomic E-state index is -4.45. The van der Waals surface area contributed by atoms with E-state index in [4.69, 9.17) is 19.9 Å². The van der Waals surface area contributed by atoms with E-state index in [1.165, 1.54) is 12.1 Å². The average Bonchev–Trinajstić information content (AvgIpc) is 3.33. The van der Waals surface area contributed by atoms with Gasteiger partial charge in [-0.05, 0) is 42.0 Å². The number of nitrogen functional groups attached to an aromatic ring is 1. The van der Waals surface area contributed by atoms with Gasteiger partial charge in [-0.15, -0.1) is 0 Å². The Hall–Kier alpha value is -3.37. The van der Waals surface area contributed by atoms with Crippen LogP contribution in [-0.2, 0) is 28.9 Å². The van der Waals surface area contributed by atoms with Gasteiger partial charge in [0.1, 0.15) is 24.3 Å². The molecular weight excluding hydrogens is 451 g/mol. The molecule has 0 spiro atoms. The lowest BCUT2D eigenvalue weighted by Gasteiger charge is -2.33. The molecule has 0 bridgehead atoms. The number of benzene rings is 2. The zero-order chi connectivity index (χ0) is 23.9. The van der Waals surface area contributed by atoms with Gasteiger partial charge in [-0.25, -0.2) is 4.98 Å². The number of rotatable bonds is 4. The minimum Gasteiger partial charge on any atom is -0.491 e. The Bertz CT molecular complexity index is 1250. The Morgan fingerprint density at radius 2 is 2.00 bits per heavy atom. The van der Waals surface area contributed by atoms with Crippen LogP contribution in [0, 0.1) is 0 Å². The van der Waals surface area contributed by atoms with Crippen LogP contribution in [0.3, 0.4) is 0 Å². The predicted octanol–water partition coefficient (Wildman–Crippen LogP) is 3.79. The number of morpholine rings is 1. The number of pyridine rings is 1. The lowest BCUT2D eigenvalue weighted by atomic mass is 10.0. The number of carbonyl (C=O) groups excluding carboxylic acids is 1. The van der Waals surface area contributed by atoms with Gasteiger partial charge >= 0.3 is 6.18 Å². The van der Waals surface area contributed by atoms with Crippen molar-refractivity contribution in [3.63, 3.8) is 0 Å². The van der Waals surface area contributed by atoms with E-state index in [2.05, 4.69) is 4.98 Å². The Balaban J connectivity index is 1.28. The number of halogens is 3. The maximum absolute atomic E-state index is 13.2. The van der Waals surface area contributed by atoms with Gasteiger partial charge in [0.05, 0.1) is 37.4 Å². The highest BCUT2D eigenvalue weighted by Crippen LogP contribution is 2.33. The van der Waals surface area contributed by atoms with Crippen LogP contribution in [0.4, 0.5) is 19.0 Å². The zero-order valence-corrected chi connectivity index (χ0v) is 18.1. The van der Waals surface area contributed by atoms with E-state index >= 15 is 0 Å². The molecule has 2 aromatic carbocycles. The zero-order valence-electron chi connectivity index (χ0n) is 18.1. The van der Waals surface area contributed by atoms with Crippen molar-refractivity contribution in [3.05, 3.63) is 64.7 Å². The molecule has 0 saturated carbocycles. The molecule has 2 aliphatic rings. The Kier molecular flexibility index (Phi) is 5.78. The first-order valence-corrected chi connectivity index (χ1v) is 10.8. The van der Waals surface area contributed by atoms with Crippen LogP contribution in [-0.4, -0.2) is 48.2 Å². The van der Waals surface area contributed by atoms with Crippen molar-refractivity contribution in [2.24, 2.45) is 0 Å². The highest BCUT2D eigenvalue weighted by Gasteiger charge is 2.31. The standard InChI is InChI=1S/C24H22F3N3O4/c25-24(26,27)15-2-1-3-16(9-15)34-11-17-10-30(6-7-33-17)23(31)14-4-5-21-18(8-14)19-12-32-13-20(19)22(28)29-21/h1-5,8-9,17H,6-7,10-13H2,(H2,28,29)/t17-/m0/s1. The highest BCUT2D eigenvalue weighted by atomic mass is 19.4. The Morgan fingerprint density at radius 3 is 2.82 bits per heavy atom. The molecule has 0 aliphatic carbocycles. The SMILES string of the molecule is Nc1nc2ccc(C(=O)N3CCO[C@H](COc4cccc(C(F)(F)F)c4)C3)cc2c2c1COC2. The quantitative estimate of drug-likeness (QED) is 0.621. The largest absolute Gasteiger partial charge is 0.491 e. The fourth-order valence-corrected chi connectivity index (χ4v) is 4.24. The number of nitrogens with two attached hydrogens (primary N) is 1. The molecule has 0 radical (unpaired) electrons. The van der Waals surface area contributed by atoms with Crippen LogP contribution in [0.2, 0.25) is 0 Å². The molecule has 34 heavy (non-hydrogen) atoms. The first-order chi connectivity index (χ1) is 16.3. The van der Waals surface area contributed by atoms with Gasteiger partial charge in [0.2, 0.25) is 0 Å². The van der Waals surface area contributed by atoms with Crippen LogP contribution < -0.4 is 10.5 Å².